The number of nitrogens with zero attached hydrogens (tertiary/aromatic N) is 1. The smallest absolute Gasteiger partial charge is 0.406 e. The van der Waals surface area contributed by atoms with Crippen molar-refractivity contribution in [3.63, 3.8) is 0 Å². The molecule has 0 rings (SSSR count). The minimum Gasteiger partial charge on any atom is -0.487 e. The van der Waals surface area contributed by atoms with Crippen LogP contribution in [0, 0.1) is 0 Å². The van der Waals surface area contributed by atoms with Crippen LogP contribution in [0.1, 0.15) is 0 Å². The fraction of sp³-hybridized carbons (Fsp3) is 0.800. The van der Waals surface area contributed by atoms with E-state index in [2.05, 4.69) is 4.65 Å². The van der Waals surface area contributed by atoms with Crippen LogP contribution in [0.5, 0.6) is 0 Å². The maximum atomic E-state index is 9.47. The first-order valence-electron chi connectivity index (χ1n) is 2.82. The molecule has 0 bridgehead atoms. The summed E-state index contributed by atoms with van der Waals surface area (Å²) in [4.78, 5) is 11.5. The van der Waals surface area contributed by atoms with Crippen molar-refractivity contribution in [2.75, 3.05) is 28.3 Å². The molecule has 5 heteroatoms. The quantitative estimate of drug-likeness (QED) is 0.551. The second-order valence-corrected chi connectivity index (χ2v) is 2.17. The van der Waals surface area contributed by atoms with Gasteiger partial charge >= 0.3 is 7.48 Å². The van der Waals surface area contributed by atoms with E-state index in [0.717, 1.165) is 0 Å². The molecule has 10 heavy (non-hydrogen) atoms. The highest BCUT2D eigenvalue weighted by molar-refractivity contribution is 6.66. The molecule has 0 fully saturated rings. The van der Waals surface area contributed by atoms with Gasteiger partial charge in [-0.15, -0.1) is 0 Å². The molecular formula is C5H14BNO3. The number of carbonyl (C=O) groups is 1. The van der Waals surface area contributed by atoms with Crippen molar-refractivity contribution in [1.29, 1.82) is 0 Å². The first-order chi connectivity index (χ1) is 4.50. The summed E-state index contributed by atoms with van der Waals surface area (Å²) in [6.45, 7) is 0. The Labute approximate surface area is 62.1 Å². The molecule has 60 valence electrons. The third-order valence-corrected chi connectivity index (χ3v) is 0.268. The minimum atomic E-state index is -0.933. The molecule has 4 nitrogen and oxygen atoms in total. The molecule has 0 aliphatic carbocycles. The standard InChI is InChI=1S/C3H9N.C2H5BO3/c1-4(2)3;1-6-3-2(4)5/h1-3H3;3H,1H3,(H,4,5). The lowest BCUT2D eigenvalue weighted by Crippen LogP contribution is -2.06. The van der Waals surface area contributed by atoms with E-state index in [1.807, 2.05) is 26.0 Å². The van der Waals surface area contributed by atoms with E-state index in [-0.39, 0.29) is 7.48 Å². The van der Waals surface area contributed by atoms with Gasteiger partial charge in [0, 0.05) is 7.11 Å². The first kappa shape index (κ1) is 12.2. The van der Waals surface area contributed by atoms with Gasteiger partial charge in [0.15, 0.2) is 0 Å². The van der Waals surface area contributed by atoms with E-state index < -0.39 is 5.87 Å². The van der Waals surface area contributed by atoms with Crippen LogP contribution in [0.4, 0.5) is 4.79 Å². The Hall–Kier alpha value is -0.545. The zero-order chi connectivity index (χ0) is 8.57. The van der Waals surface area contributed by atoms with E-state index >= 15 is 0 Å². The van der Waals surface area contributed by atoms with Crippen molar-refractivity contribution in [2.45, 2.75) is 0 Å². The SMILES string of the molecule is CN(C)C.COBC(=O)O. The van der Waals surface area contributed by atoms with Gasteiger partial charge < -0.3 is 14.7 Å². The van der Waals surface area contributed by atoms with Gasteiger partial charge in [-0.25, -0.2) is 0 Å². The minimum absolute atomic E-state index is 0.208. The predicted molar refractivity (Wildman–Crippen MR) is 41.8 cm³/mol. The van der Waals surface area contributed by atoms with Crippen LogP contribution in [0.25, 0.3) is 0 Å². The Morgan fingerprint density at radius 1 is 1.50 bits per heavy atom. The Balaban J connectivity index is 0. The fourth-order valence-electron chi connectivity index (χ4n) is 0.123. The van der Waals surface area contributed by atoms with Gasteiger partial charge in [0.1, 0.15) is 0 Å². The van der Waals surface area contributed by atoms with Crippen molar-refractivity contribution in [1.82, 2.24) is 4.90 Å². The lowest BCUT2D eigenvalue weighted by molar-refractivity contribution is 0.215. The van der Waals surface area contributed by atoms with Gasteiger partial charge in [-0.3, -0.25) is 4.79 Å². The van der Waals surface area contributed by atoms with Crippen LogP contribution in [0.3, 0.4) is 0 Å². The first-order valence-corrected chi connectivity index (χ1v) is 2.82. The van der Waals surface area contributed by atoms with Crippen molar-refractivity contribution in [2.24, 2.45) is 0 Å². The molecule has 0 saturated heterocycles. The summed E-state index contributed by atoms with van der Waals surface area (Å²) >= 11 is 0. The molecule has 0 aromatic rings. The maximum Gasteiger partial charge on any atom is 0.406 e. The summed E-state index contributed by atoms with van der Waals surface area (Å²) in [5.74, 6) is -0.933. The van der Waals surface area contributed by atoms with Crippen LogP contribution in [0.2, 0.25) is 0 Å². The summed E-state index contributed by atoms with van der Waals surface area (Å²) < 4.78 is 4.20. The summed E-state index contributed by atoms with van der Waals surface area (Å²) in [5, 5.41) is 7.79. The Bertz CT molecular complexity index is 84.2. The molecule has 0 heterocycles. The Morgan fingerprint density at radius 3 is 1.80 bits per heavy atom. The second kappa shape index (κ2) is 8.45. The summed E-state index contributed by atoms with van der Waals surface area (Å²) in [7, 11) is 7.13. The van der Waals surface area contributed by atoms with Crippen molar-refractivity contribution >= 4 is 13.4 Å². The van der Waals surface area contributed by atoms with Gasteiger partial charge in [-0.1, -0.05) is 0 Å². The number of carboxylic acid groups (broad SMARTS) is 1. The second-order valence-electron chi connectivity index (χ2n) is 2.17. The summed E-state index contributed by atoms with van der Waals surface area (Å²) in [5.41, 5.74) is 0. The van der Waals surface area contributed by atoms with Crippen LogP contribution in [-0.2, 0) is 4.65 Å². The van der Waals surface area contributed by atoms with Crippen molar-refractivity contribution < 1.29 is 14.6 Å². The normalized spacial score (nSPS) is 8.10. The van der Waals surface area contributed by atoms with Crippen LogP contribution >= 0.6 is 0 Å². The zero-order valence-corrected chi connectivity index (χ0v) is 6.92. The molecule has 0 atom stereocenters. The molecule has 0 aliphatic rings. The predicted octanol–water partition coefficient (Wildman–Crippen LogP) is -0.160. The topological polar surface area (TPSA) is 49.8 Å². The molecule has 0 spiro atoms. The van der Waals surface area contributed by atoms with Crippen LogP contribution in [-0.4, -0.2) is 51.6 Å². The van der Waals surface area contributed by atoms with E-state index in [4.69, 9.17) is 5.11 Å². The molecule has 0 unspecified atom stereocenters. The highest BCUT2D eigenvalue weighted by atomic mass is 16.4. The average molecular weight is 147 g/mol. The van der Waals surface area contributed by atoms with Crippen LogP contribution < -0.4 is 0 Å². The van der Waals surface area contributed by atoms with Gasteiger partial charge in [0.2, 0.25) is 0 Å². The molecule has 0 aromatic heterocycles. The fourth-order valence-corrected chi connectivity index (χ4v) is 0.123. The van der Waals surface area contributed by atoms with Crippen molar-refractivity contribution in [3.8, 4) is 0 Å². The highest BCUT2D eigenvalue weighted by Crippen LogP contribution is 1.61. The Morgan fingerprint density at radius 2 is 1.80 bits per heavy atom. The van der Waals surface area contributed by atoms with E-state index in [1.54, 1.807) is 0 Å². The highest BCUT2D eigenvalue weighted by Gasteiger charge is 1.94. The molecule has 0 aromatic carbocycles. The van der Waals surface area contributed by atoms with Gasteiger partial charge in [0.25, 0.3) is 5.87 Å². The molecular weight excluding hydrogens is 133 g/mol. The van der Waals surface area contributed by atoms with E-state index in [9.17, 15) is 4.79 Å². The number of hydrogen-bond donors (Lipinski definition) is 1. The number of hydrogen-bond acceptors (Lipinski definition) is 3. The van der Waals surface area contributed by atoms with Crippen LogP contribution in [0.15, 0.2) is 0 Å². The average Bonchev–Trinajstić information content (AvgIpc) is 1.62. The van der Waals surface area contributed by atoms with Gasteiger partial charge in [0.05, 0.1) is 0 Å². The Kier molecular flexibility index (Phi) is 10.3. The monoisotopic (exact) mass is 147 g/mol. The largest absolute Gasteiger partial charge is 0.487 e. The molecule has 0 radical (unpaired) electrons. The summed E-state index contributed by atoms with van der Waals surface area (Å²) in [6.07, 6.45) is 0. The lowest BCUT2D eigenvalue weighted by atomic mass is 10.0. The third kappa shape index (κ3) is 51.5. The third-order valence-electron chi connectivity index (χ3n) is 0.268. The van der Waals surface area contributed by atoms with Gasteiger partial charge in [-0.05, 0) is 21.1 Å². The number of rotatable bonds is 2. The molecule has 0 amide bonds. The van der Waals surface area contributed by atoms with Crippen molar-refractivity contribution in [3.05, 3.63) is 0 Å². The molecule has 1 N–H and O–H groups in total. The zero-order valence-electron chi connectivity index (χ0n) is 6.92. The molecule has 0 saturated carbocycles. The lowest BCUT2D eigenvalue weighted by Gasteiger charge is -1.90. The van der Waals surface area contributed by atoms with E-state index in [0.29, 0.717) is 0 Å². The molecule has 0 aliphatic heterocycles. The maximum absolute atomic E-state index is 9.47. The van der Waals surface area contributed by atoms with Gasteiger partial charge in [-0.2, -0.15) is 0 Å². The van der Waals surface area contributed by atoms with E-state index in [1.165, 1.54) is 7.11 Å². The summed E-state index contributed by atoms with van der Waals surface area (Å²) in [6, 6.07) is 0.